The molecule has 0 atom stereocenters. The molecule has 0 aliphatic carbocycles. The smallest absolute Gasteiger partial charge is 0.269 e. The van der Waals surface area contributed by atoms with Crippen molar-refractivity contribution < 1.29 is 17.2 Å². The van der Waals surface area contributed by atoms with Crippen LogP contribution in [0.5, 0.6) is 0 Å². The van der Waals surface area contributed by atoms with Crippen LogP contribution in [0, 0.1) is 17.0 Å². The molecule has 0 bridgehead atoms. The van der Waals surface area contributed by atoms with E-state index in [2.05, 4.69) is 21.5 Å². The number of nitrogens with zero attached hydrogens (tertiary/aromatic N) is 3. The van der Waals surface area contributed by atoms with Crippen molar-refractivity contribution in [3.8, 4) is 0 Å². The van der Waals surface area contributed by atoms with E-state index in [0.717, 1.165) is 30.4 Å². The molecule has 0 spiro atoms. The Balaban J connectivity index is 1.84. The fraction of sp³-hybridized carbons (Fsp3) is 0.471. The predicted octanol–water partition coefficient (Wildman–Crippen LogP) is 3.65. The first-order chi connectivity index (χ1) is 13.0. The van der Waals surface area contributed by atoms with Crippen LogP contribution in [0.3, 0.4) is 0 Å². The normalized spacial score (nSPS) is 16.3. The lowest BCUT2D eigenvalue weighted by molar-refractivity contribution is 0.196. The Morgan fingerprint density at radius 1 is 1.39 bits per heavy atom. The van der Waals surface area contributed by atoms with Crippen LogP contribution in [0.25, 0.3) is 0 Å². The minimum atomic E-state index is -4.50. The van der Waals surface area contributed by atoms with E-state index < -0.39 is 31.6 Å². The van der Waals surface area contributed by atoms with Crippen molar-refractivity contribution in [1.82, 2.24) is 9.88 Å². The van der Waals surface area contributed by atoms with Crippen LogP contribution in [-0.2, 0) is 10.0 Å². The van der Waals surface area contributed by atoms with E-state index in [9.17, 15) is 17.2 Å². The average Bonchev–Trinajstić information content (AvgIpc) is 3.05. The van der Waals surface area contributed by atoms with E-state index in [4.69, 9.17) is 11.6 Å². The van der Waals surface area contributed by atoms with E-state index in [1.54, 1.807) is 4.90 Å². The highest BCUT2D eigenvalue weighted by Gasteiger charge is 2.40. The summed E-state index contributed by atoms with van der Waals surface area (Å²) in [6.45, 7) is 4.18. The highest BCUT2D eigenvalue weighted by Crippen LogP contribution is 2.42. The molecule has 6 nitrogen and oxygen atoms in total. The second kappa shape index (κ2) is 7.74. The molecule has 0 saturated carbocycles. The lowest BCUT2D eigenvalue weighted by Crippen LogP contribution is -2.55. The van der Waals surface area contributed by atoms with Crippen LogP contribution in [0.4, 0.5) is 19.6 Å². The molecule has 154 valence electrons. The number of hydrogen-bond donors (Lipinski definition) is 1. The topological polar surface area (TPSA) is 65.5 Å². The number of thiazole rings is 1. The maximum absolute atomic E-state index is 14.8. The Labute approximate surface area is 172 Å². The van der Waals surface area contributed by atoms with Crippen molar-refractivity contribution in [1.29, 1.82) is 0 Å². The van der Waals surface area contributed by atoms with Gasteiger partial charge in [-0.15, -0.1) is 11.3 Å². The van der Waals surface area contributed by atoms with Crippen molar-refractivity contribution in [2.75, 3.05) is 43.4 Å². The van der Waals surface area contributed by atoms with Crippen molar-refractivity contribution in [2.24, 2.45) is 5.41 Å². The molecule has 11 heteroatoms. The molecule has 0 amide bonds. The van der Waals surface area contributed by atoms with Crippen LogP contribution in [0.1, 0.15) is 13.3 Å². The zero-order valence-corrected chi connectivity index (χ0v) is 18.1. The molecule has 3 rings (SSSR count). The third-order valence-corrected chi connectivity index (χ3v) is 7.22. The number of halogens is 3. The number of aromatic nitrogens is 1. The number of rotatable bonds is 7. The van der Waals surface area contributed by atoms with Crippen LogP contribution in [-0.4, -0.2) is 52.0 Å². The summed E-state index contributed by atoms with van der Waals surface area (Å²) >= 11 is 7.09. The van der Waals surface area contributed by atoms with Gasteiger partial charge in [0.05, 0.1) is 5.69 Å². The standard InChI is InChI=1S/C17H21ClF2N4O2S2/c1-17(4-6-23(2)3)9-24(10-17)12-8-11(19)15(14(20)13(12)18)28(25,26)22-16-21-5-7-27-16/h5,7-8H,4,6,9-10H2,1-3H3,(H,21,22). The number of hydrogen-bond acceptors (Lipinski definition) is 6. The molecule has 2 aromatic rings. The van der Waals surface area contributed by atoms with E-state index in [0.29, 0.717) is 13.1 Å². The number of sulfonamides is 1. The molecular weight excluding hydrogens is 430 g/mol. The minimum absolute atomic E-state index is 0.0116. The Morgan fingerprint density at radius 2 is 2.07 bits per heavy atom. The van der Waals surface area contributed by atoms with Gasteiger partial charge in [0.25, 0.3) is 10.0 Å². The van der Waals surface area contributed by atoms with Gasteiger partial charge in [0.2, 0.25) is 0 Å². The van der Waals surface area contributed by atoms with Gasteiger partial charge in [-0.1, -0.05) is 18.5 Å². The number of nitrogens with one attached hydrogen (secondary N) is 1. The van der Waals surface area contributed by atoms with Crippen LogP contribution in [0.2, 0.25) is 5.02 Å². The van der Waals surface area contributed by atoms with Crippen LogP contribution < -0.4 is 9.62 Å². The third-order valence-electron chi connectivity index (χ3n) is 4.67. The summed E-state index contributed by atoms with van der Waals surface area (Å²) in [6.07, 6.45) is 2.31. The van der Waals surface area contributed by atoms with Gasteiger partial charge in [0.1, 0.15) is 10.8 Å². The fourth-order valence-corrected chi connectivity index (χ4v) is 5.44. The Bertz CT molecular complexity index is 962. The zero-order valence-electron chi connectivity index (χ0n) is 15.7. The van der Waals surface area contributed by atoms with Gasteiger partial charge in [-0.2, -0.15) is 0 Å². The van der Waals surface area contributed by atoms with Crippen LogP contribution >= 0.6 is 22.9 Å². The monoisotopic (exact) mass is 450 g/mol. The highest BCUT2D eigenvalue weighted by atomic mass is 35.5. The lowest BCUT2D eigenvalue weighted by atomic mass is 9.78. The van der Waals surface area contributed by atoms with E-state index in [-0.39, 0.29) is 16.2 Å². The molecule has 1 aliphatic heterocycles. The second-order valence-corrected chi connectivity index (χ2v) is 10.4. The first kappa shape index (κ1) is 21.2. The molecule has 1 saturated heterocycles. The quantitative estimate of drug-likeness (QED) is 0.652. The minimum Gasteiger partial charge on any atom is -0.369 e. The molecule has 28 heavy (non-hydrogen) atoms. The first-order valence-electron chi connectivity index (χ1n) is 8.52. The number of anilines is 2. The maximum atomic E-state index is 14.8. The van der Waals surface area contributed by atoms with E-state index >= 15 is 0 Å². The summed E-state index contributed by atoms with van der Waals surface area (Å²) in [7, 11) is -0.527. The molecule has 1 aliphatic rings. The summed E-state index contributed by atoms with van der Waals surface area (Å²) < 4.78 is 56.3. The molecule has 2 heterocycles. The van der Waals surface area contributed by atoms with Gasteiger partial charge in [-0.3, -0.25) is 4.72 Å². The maximum Gasteiger partial charge on any atom is 0.269 e. The summed E-state index contributed by atoms with van der Waals surface area (Å²) in [6, 6.07) is 0.980. The van der Waals surface area contributed by atoms with Gasteiger partial charge < -0.3 is 9.80 Å². The predicted molar refractivity (Wildman–Crippen MR) is 108 cm³/mol. The molecule has 1 aromatic heterocycles. The van der Waals surface area contributed by atoms with Gasteiger partial charge in [-0.25, -0.2) is 22.2 Å². The third kappa shape index (κ3) is 4.24. The first-order valence-corrected chi connectivity index (χ1v) is 11.3. The van der Waals surface area contributed by atoms with Crippen molar-refractivity contribution in [2.45, 2.75) is 18.2 Å². The van der Waals surface area contributed by atoms with Crippen molar-refractivity contribution in [3.05, 3.63) is 34.3 Å². The Kier molecular flexibility index (Phi) is 5.86. The van der Waals surface area contributed by atoms with Crippen LogP contribution in [0.15, 0.2) is 22.5 Å². The second-order valence-electron chi connectivity index (χ2n) is 7.50. The zero-order chi connectivity index (χ0) is 20.7. The Hall–Kier alpha value is -1.49. The summed E-state index contributed by atoms with van der Waals surface area (Å²) in [5, 5.41) is 1.15. The van der Waals surface area contributed by atoms with Gasteiger partial charge in [0.15, 0.2) is 15.8 Å². The molecule has 0 unspecified atom stereocenters. The average molecular weight is 451 g/mol. The van der Waals surface area contributed by atoms with E-state index in [1.165, 1.54) is 11.6 Å². The highest BCUT2D eigenvalue weighted by molar-refractivity contribution is 7.93. The molecule has 0 radical (unpaired) electrons. The summed E-state index contributed by atoms with van der Waals surface area (Å²) in [4.78, 5) is 6.49. The lowest BCUT2D eigenvalue weighted by Gasteiger charge is -2.50. The fourth-order valence-electron chi connectivity index (χ4n) is 3.18. The molecule has 1 fully saturated rings. The SMILES string of the molecule is CN(C)CCC1(C)CN(c2cc(F)c(S(=O)(=O)Nc3nccs3)c(F)c2Cl)C1. The molecule has 1 N–H and O–H groups in total. The van der Waals surface area contributed by atoms with Gasteiger partial charge >= 0.3 is 0 Å². The Morgan fingerprint density at radius 3 is 2.64 bits per heavy atom. The van der Waals surface area contributed by atoms with Crippen molar-refractivity contribution in [3.63, 3.8) is 0 Å². The summed E-state index contributed by atoms with van der Waals surface area (Å²) in [5.41, 5.74) is 0.171. The largest absolute Gasteiger partial charge is 0.369 e. The van der Waals surface area contributed by atoms with Gasteiger partial charge in [-0.05, 0) is 27.1 Å². The van der Waals surface area contributed by atoms with E-state index in [1.807, 2.05) is 14.1 Å². The van der Waals surface area contributed by atoms with Gasteiger partial charge in [0, 0.05) is 36.1 Å². The number of benzene rings is 1. The van der Waals surface area contributed by atoms with Crippen molar-refractivity contribution >= 4 is 43.8 Å². The molecular formula is C17H21ClF2N4O2S2. The summed E-state index contributed by atoms with van der Waals surface area (Å²) in [5.74, 6) is -2.49. The molecule has 1 aromatic carbocycles.